The molecule has 0 unspecified atom stereocenters. The summed E-state index contributed by atoms with van der Waals surface area (Å²) in [5, 5.41) is 14.8. The minimum Gasteiger partial charge on any atom is -0.275 e. The minimum atomic E-state index is -0.857. The normalized spacial score (nSPS) is 10.6. The summed E-state index contributed by atoms with van der Waals surface area (Å²) in [4.78, 5) is 9.96. The molecule has 0 amide bonds. The van der Waals surface area contributed by atoms with E-state index in [1.807, 2.05) is 0 Å². The molecule has 6 heteroatoms. The van der Waals surface area contributed by atoms with E-state index in [9.17, 15) is 14.5 Å². The van der Waals surface area contributed by atoms with Gasteiger partial charge < -0.3 is 0 Å². The molecule has 1 aromatic carbocycles. The monoisotopic (exact) mass is 248 g/mol. The lowest BCUT2D eigenvalue weighted by Gasteiger charge is -2.02. The Morgan fingerprint density at radius 1 is 1.50 bits per heavy atom. The average molecular weight is 248 g/mol. The first-order valence-corrected chi connectivity index (χ1v) is 5.31. The van der Waals surface area contributed by atoms with Crippen LogP contribution in [0.25, 0.3) is 11.3 Å². The van der Waals surface area contributed by atoms with E-state index in [2.05, 4.69) is 5.10 Å². The topological polar surface area (TPSA) is 61.0 Å². The molecule has 0 bridgehead atoms. The first-order valence-electron chi connectivity index (χ1n) is 5.31. The number of rotatable bonds is 3. The summed E-state index contributed by atoms with van der Waals surface area (Å²) in [6.07, 6.45) is 3.51. The zero-order chi connectivity index (χ0) is 13.3. The zero-order valence-corrected chi connectivity index (χ0v) is 9.92. The van der Waals surface area contributed by atoms with Crippen molar-refractivity contribution < 1.29 is 9.31 Å². The molecule has 2 aromatic rings. The maximum atomic E-state index is 14.0. The van der Waals surface area contributed by atoms with Crippen molar-refractivity contribution in [2.75, 3.05) is 0 Å². The second-order valence-corrected chi connectivity index (χ2v) is 3.79. The first-order chi connectivity index (χ1) is 8.54. The molecule has 0 spiro atoms. The Balaban J connectivity index is 2.64. The summed E-state index contributed by atoms with van der Waals surface area (Å²) in [7, 11) is 1.71. The maximum absolute atomic E-state index is 14.0. The van der Waals surface area contributed by atoms with Crippen LogP contribution >= 0.6 is 0 Å². The van der Waals surface area contributed by atoms with E-state index in [0.29, 0.717) is 5.69 Å². The van der Waals surface area contributed by atoms with Gasteiger partial charge in [-0.2, -0.15) is 9.49 Å². The molecule has 18 heavy (non-hydrogen) atoms. The summed E-state index contributed by atoms with van der Waals surface area (Å²) >= 11 is 0. The molecule has 0 saturated heterocycles. The van der Waals surface area contributed by atoms with Crippen LogP contribution in [0.5, 0.6) is 0 Å². The molecule has 0 aliphatic rings. The van der Waals surface area contributed by atoms with Gasteiger partial charge in [0.25, 0.3) is 0 Å². The molecule has 1 radical (unpaired) electrons. The molecule has 2 rings (SSSR count). The Kier molecular flexibility index (Phi) is 3.10. The van der Waals surface area contributed by atoms with E-state index < -0.39 is 16.4 Å². The van der Waals surface area contributed by atoms with Crippen molar-refractivity contribution in [3.63, 3.8) is 0 Å². The molecule has 0 atom stereocenters. The highest BCUT2D eigenvalue weighted by Crippen LogP contribution is 2.30. The Morgan fingerprint density at radius 2 is 2.22 bits per heavy atom. The third-order valence-corrected chi connectivity index (χ3v) is 2.60. The van der Waals surface area contributed by atoms with Crippen molar-refractivity contribution in [2.45, 2.75) is 6.92 Å². The van der Waals surface area contributed by atoms with E-state index in [-0.39, 0.29) is 5.56 Å². The number of nitrogens with zero attached hydrogens (tertiary/aromatic N) is 3. The van der Waals surface area contributed by atoms with Gasteiger partial charge in [0.15, 0.2) is 0 Å². The number of benzene rings is 1. The summed E-state index contributed by atoms with van der Waals surface area (Å²) in [6, 6.07) is 4.07. The minimum absolute atomic E-state index is 0.137. The van der Waals surface area contributed by atoms with Crippen LogP contribution < -0.4 is 0 Å². The van der Waals surface area contributed by atoms with E-state index in [1.54, 1.807) is 31.3 Å². The van der Waals surface area contributed by atoms with Gasteiger partial charge in [-0.3, -0.25) is 14.8 Å². The third kappa shape index (κ3) is 1.97. The predicted octanol–water partition coefficient (Wildman–Crippen LogP) is 2.71. The molecular weight excluding hydrogens is 237 g/mol. The Bertz CT molecular complexity index is 607. The lowest BCUT2D eigenvalue weighted by molar-refractivity contribution is -0.387. The highest BCUT2D eigenvalue weighted by Gasteiger charge is 2.21. The van der Waals surface area contributed by atoms with Gasteiger partial charge in [-0.1, -0.05) is 13.0 Å². The molecule has 0 fully saturated rings. The largest absolute Gasteiger partial charge is 0.305 e. The van der Waals surface area contributed by atoms with Crippen LogP contribution in [-0.2, 0) is 7.05 Å². The molecular formula is C12H11FN3O2. The second-order valence-electron chi connectivity index (χ2n) is 3.79. The second kappa shape index (κ2) is 4.56. The molecule has 1 heterocycles. The number of nitro groups is 1. The van der Waals surface area contributed by atoms with Crippen LogP contribution in [0.3, 0.4) is 0 Å². The number of aromatic nitrogens is 2. The van der Waals surface area contributed by atoms with Crippen molar-refractivity contribution in [2.24, 2.45) is 7.05 Å². The highest BCUT2D eigenvalue weighted by atomic mass is 19.1. The molecule has 5 nitrogen and oxygen atoms in total. The first kappa shape index (κ1) is 12.2. The Hall–Kier alpha value is -2.24. The molecule has 0 aliphatic heterocycles. The van der Waals surface area contributed by atoms with Gasteiger partial charge in [-0.05, 0) is 12.5 Å². The van der Waals surface area contributed by atoms with Crippen molar-refractivity contribution in [1.29, 1.82) is 0 Å². The lowest BCUT2D eigenvalue weighted by atomic mass is 10.1. The fraction of sp³-hybridized carbons (Fsp3) is 0.167. The van der Waals surface area contributed by atoms with Gasteiger partial charge in [0.2, 0.25) is 5.82 Å². The lowest BCUT2D eigenvalue weighted by Crippen LogP contribution is -1.96. The zero-order valence-electron chi connectivity index (χ0n) is 9.92. The van der Waals surface area contributed by atoms with Crippen molar-refractivity contribution in [1.82, 2.24) is 9.78 Å². The SMILES string of the molecule is C[CH]c1cn(C)nc1-c1cccc([N+](=O)[O-])c1F. The standard InChI is InChI=1S/C12H11FN3O2/c1-3-8-7-15(2)14-12(8)9-5-4-6-10(11(9)13)16(17)18/h3-7H,1-2H3. The Labute approximate surface area is 103 Å². The quantitative estimate of drug-likeness (QED) is 0.619. The van der Waals surface area contributed by atoms with Gasteiger partial charge in [-0.25, -0.2) is 0 Å². The van der Waals surface area contributed by atoms with E-state index >= 15 is 0 Å². The van der Waals surface area contributed by atoms with Crippen molar-refractivity contribution in [3.8, 4) is 11.3 Å². The average Bonchev–Trinajstić information content (AvgIpc) is 2.70. The summed E-state index contributed by atoms with van der Waals surface area (Å²) < 4.78 is 15.6. The number of nitro benzene ring substituents is 1. The van der Waals surface area contributed by atoms with Gasteiger partial charge in [0, 0.05) is 30.4 Å². The molecule has 0 saturated carbocycles. The molecule has 0 aliphatic carbocycles. The highest BCUT2D eigenvalue weighted by molar-refractivity contribution is 5.67. The molecule has 1 aromatic heterocycles. The number of hydrogen-bond acceptors (Lipinski definition) is 3. The number of halogens is 1. The van der Waals surface area contributed by atoms with Crippen LogP contribution in [0.1, 0.15) is 12.5 Å². The van der Waals surface area contributed by atoms with E-state index in [4.69, 9.17) is 0 Å². The van der Waals surface area contributed by atoms with Crippen molar-refractivity contribution >= 4 is 5.69 Å². The van der Waals surface area contributed by atoms with Gasteiger partial charge in [-0.15, -0.1) is 0 Å². The number of aryl methyl sites for hydroxylation is 1. The van der Waals surface area contributed by atoms with Gasteiger partial charge in [0.1, 0.15) is 0 Å². The van der Waals surface area contributed by atoms with Crippen LogP contribution in [0, 0.1) is 22.4 Å². The molecule has 93 valence electrons. The Morgan fingerprint density at radius 3 is 2.83 bits per heavy atom. The van der Waals surface area contributed by atoms with Crippen LogP contribution in [0.2, 0.25) is 0 Å². The van der Waals surface area contributed by atoms with E-state index in [1.165, 1.54) is 12.1 Å². The predicted molar refractivity (Wildman–Crippen MR) is 64.3 cm³/mol. The smallest absolute Gasteiger partial charge is 0.275 e. The molecule has 0 N–H and O–H groups in total. The van der Waals surface area contributed by atoms with E-state index in [0.717, 1.165) is 11.6 Å². The van der Waals surface area contributed by atoms with Crippen LogP contribution in [0.4, 0.5) is 10.1 Å². The third-order valence-electron chi connectivity index (χ3n) is 2.60. The van der Waals surface area contributed by atoms with Crippen molar-refractivity contribution in [3.05, 3.63) is 52.3 Å². The van der Waals surface area contributed by atoms with Gasteiger partial charge >= 0.3 is 5.69 Å². The summed E-state index contributed by atoms with van der Waals surface area (Å²) in [5.74, 6) is -0.857. The van der Waals surface area contributed by atoms with Gasteiger partial charge in [0.05, 0.1) is 10.6 Å². The summed E-state index contributed by atoms with van der Waals surface area (Å²) in [6.45, 7) is 1.80. The number of hydrogen-bond donors (Lipinski definition) is 0. The fourth-order valence-corrected chi connectivity index (χ4v) is 1.77. The van der Waals surface area contributed by atoms with Crippen LogP contribution in [-0.4, -0.2) is 14.7 Å². The maximum Gasteiger partial charge on any atom is 0.305 e. The fourth-order valence-electron chi connectivity index (χ4n) is 1.77. The van der Waals surface area contributed by atoms with Crippen LogP contribution in [0.15, 0.2) is 24.4 Å². The summed E-state index contributed by atoms with van der Waals surface area (Å²) in [5.41, 5.74) is 0.733.